The lowest BCUT2D eigenvalue weighted by Crippen LogP contribution is -2.14. The molecule has 0 amide bonds. The molecule has 0 saturated heterocycles. The molecule has 0 atom stereocenters. The average molecular weight is 1050 g/mol. The number of nitrogens with zero attached hydrogens (tertiary/aromatic N) is 1. The van der Waals surface area contributed by atoms with Gasteiger partial charge in [0.1, 0.15) is 34.6 Å². The van der Waals surface area contributed by atoms with Gasteiger partial charge in [0.15, 0.2) is 0 Å². The summed E-state index contributed by atoms with van der Waals surface area (Å²) < 4.78 is 52.3. The van der Waals surface area contributed by atoms with Gasteiger partial charge in [-0.25, -0.2) is 28.0 Å². The molecule has 0 N–H and O–H groups in total. The van der Waals surface area contributed by atoms with Gasteiger partial charge >= 0.3 is 23.9 Å². The number of carbonyl (C=O) groups is 4. The summed E-state index contributed by atoms with van der Waals surface area (Å²) >= 11 is 0. The molecular weight excluding hydrogens is 985 g/mol. The summed E-state index contributed by atoms with van der Waals surface area (Å²) in [5, 5.41) is 9.68. The second kappa shape index (κ2) is 29.9. The van der Waals surface area contributed by atoms with E-state index in [0.29, 0.717) is 0 Å². The van der Waals surface area contributed by atoms with Gasteiger partial charge in [-0.3, -0.25) is 0 Å². The van der Waals surface area contributed by atoms with Crippen molar-refractivity contribution < 1.29 is 46.9 Å². The minimum absolute atomic E-state index is 0.0980. The largest absolute Gasteiger partial charge is 0.423 e. The van der Waals surface area contributed by atoms with Crippen LogP contribution in [0.5, 0.6) is 23.0 Å². The van der Waals surface area contributed by atoms with E-state index in [-0.39, 0.29) is 39.7 Å². The van der Waals surface area contributed by atoms with Crippen LogP contribution in [0.15, 0.2) is 152 Å². The molecule has 0 bridgehead atoms. The molecule has 0 aliphatic heterocycles. The van der Waals surface area contributed by atoms with E-state index in [1.165, 1.54) is 126 Å². The zero-order chi connectivity index (χ0) is 55.1. The Morgan fingerprint density at radius 3 is 1.03 bits per heavy atom. The number of nitriles is 1. The van der Waals surface area contributed by atoms with E-state index >= 15 is 8.78 Å². The van der Waals surface area contributed by atoms with Crippen molar-refractivity contribution in [2.75, 3.05) is 0 Å². The van der Waals surface area contributed by atoms with Crippen molar-refractivity contribution in [3.63, 3.8) is 0 Å². The second-order valence-corrected chi connectivity index (χ2v) is 19.6. The number of carbonyl (C=O) groups excluding carboxylic acids is 4. The van der Waals surface area contributed by atoms with Gasteiger partial charge in [-0.15, -0.1) is 0 Å². The van der Waals surface area contributed by atoms with Gasteiger partial charge in [0, 0.05) is 18.2 Å². The Hall–Kier alpha value is -8.23. The van der Waals surface area contributed by atoms with Crippen molar-refractivity contribution in [3.8, 4) is 51.3 Å². The quantitative estimate of drug-likeness (QED) is 0.0267. The Kier molecular flexibility index (Phi) is 22.0. The maximum absolute atomic E-state index is 15.4. The van der Waals surface area contributed by atoms with Crippen LogP contribution in [-0.4, -0.2) is 23.9 Å². The molecule has 0 saturated carbocycles. The topological polar surface area (TPSA) is 129 Å². The number of aryl methyl sites for hydroxylation is 2. The van der Waals surface area contributed by atoms with Crippen LogP contribution in [0.25, 0.3) is 22.3 Å². The van der Waals surface area contributed by atoms with Crippen LogP contribution in [0.3, 0.4) is 0 Å². The highest BCUT2D eigenvalue weighted by atomic mass is 19.1. The first-order valence-electron chi connectivity index (χ1n) is 27.4. The first-order chi connectivity index (χ1) is 38.0. The summed E-state index contributed by atoms with van der Waals surface area (Å²) in [7, 11) is 0. The van der Waals surface area contributed by atoms with Gasteiger partial charge in [0.2, 0.25) is 0 Å². The lowest BCUT2D eigenvalue weighted by atomic mass is 10.00. The third-order valence-electron chi connectivity index (χ3n) is 13.6. The number of unbranched alkanes of at least 4 members (excludes halogenated alkanes) is 14. The maximum atomic E-state index is 15.4. The third-order valence-corrected chi connectivity index (χ3v) is 13.6. The van der Waals surface area contributed by atoms with Crippen LogP contribution in [0.4, 0.5) is 8.78 Å². The number of halogens is 2. The smallest absolute Gasteiger partial charge is 0.346 e. The molecule has 7 aromatic rings. The van der Waals surface area contributed by atoms with E-state index in [9.17, 15) is 24.4 Å². The second-order valence-electron chi connectivity index (χ2n) is 19.6. The fourth-order valence-electron chi connectivity index (χ4n) is 9.11. The highest BCUT2D eigenvalue weighted by molar-refractivity contribution is 5.95. The molecule has 0 heterocycles. The lowest BCUT2D eigenvalue weighted by Gasteiger charge is -2.11. The highest BCUT2D eigenvalue weighted by Gasteiger charge is 2.21. The third kappa shape index (κ3) is 17.4. The minimum Gasteiger partial charge on any atom is -0.423 e. The number of hydrogen-bond donors (Lipinski definition) is 0. The van der Waals surface area contributed by atoms with Crippen LogP contribution in [0, 0.1) is 23.0 Å². The number of rotatable bonds is 28. The molecular formula is C67H67F2NO8. The Morgan fingerprint density at radius 1 is 0.372 bits per heavy atom. The zero-order valence-corrected chi connectivity index (χ0v) is 44.6. The Bertz CT molecular complexity index is 2940. The van der Waals surface area contributed by atoms with Crippen molar-refractivity contribution in [2.24, 2.45) is 0 Å². The molecule has 0 aromatic heterocycles. The van der Waals surface area contributed by atoms with Crippen LogP contribution in [0.2, 0.25) is 0 Å². The molecule has 11 heteroatoms. The molecule has 402 valence electrons. The van der Waals surface area contributed by atoms with E-state index in [1.807, 2.05) is 30.3 Å². The summed E-state index contributed by atoms with van der Waals surface area (Å²) in [4.78, 5) is 52.4. The first-order valence-corrected chi connectivity index (χ1v) is 27.4. The van der Waals surface area contributed by atoms with Gasteiger partial charge in [-0.05, 0) is 120 Å². The van der Waals surface area contributed by atoms with Gasteiger partial charge in [-0.1, -0.05) is 177 Å². The highest BCUT2D eigenvalue weighted by Crippen LogP contribution is 2.29. The van der Waals surface area contributed by atoms with E-state index in [2.05, 4.69) is 62.4 Å². The summed E-state index contributed by atoms with van der Waals surface area (Å²) in [6, 6.07) is 42.2. The molecule has 0 unspecified atom stereocenters. The Labute approximate surface area is 457 Å². The fourth-order valence-corrected chi connectivity index (χ4v) is 9.11. The lowest BCUT2D eigenvalue weighted by molar-refractivity contribution is 0.0720. The summed E-state index contributed by atoms with van der Waals surface area (Å²) in [6.45, 7) is 4.47. The van der Waals surface area contributed by atoms with E-state index in [1.54, 1.807) is 24.3 Å². The maximum Gasteiger partial charge on any atom is 0.346 e. The number of benzene rings is 7. The molecule has 0 spiro atoms. The van der Waals surface area contributed by atoms with Crippen molar-refractivity contribution in [2.45, 2.75) is 129 Å². The SMILES string of the molecule is CCCCCCCCCCc1ccc(-c2ccc(C(=O)Oc3ccc(C(=O)Oc4cc(C#N)cc(OC(=O)c5ccc(OC(=O)c6ccc(-c7ccc(CCCCCCCCCC)cc7)cc6)cc5F)c4)c(F)c3)cc2)cc1. The molecule has 0 fully saturated rings. The monoisotopic (exact) mass is 1050 g/mol. The minimum atomic E-state index is -1.17. The van der Waals surface area contributed by atoms with Crippen LogP contribution in [0.1, 0.15) is 175 Å². The van der Waals surface area contributed by atoms with E-state index in [0.717, 1.165) is 77.6 Å². The van der Waals surface area contributed by atoms with Crippen molar-refractivity contribution in [3.05, 3.63) is 202 Å². The Morgan fingerprint density at radius 2 is 0.692 bits per heavy atom. The predicted molar refractivity (Wildman–Crippen MR) is 300 cm³/mol. The Balaban J connectivity index is 0.870. The summed E-state index contributed by atoms with van der Waals surface area (Å²) in [6.07, 6.45) is 22.5. The van der Waals surface area contributed by atoms with Crippen molar-refractivity contribution in [1.82, 2.24) is 0 Å². The number of hydrogen-bond acceptors (Lipinski definition) is 9. The normalized spacial score (nSPS) is 10.9. The van der Waals surface area contributed by atoms with Crippen molar-refractivity contribution >= 4 is 23.9 Å². The van der Waals surface area contributed by atoms with Gasteiger partial charge in [0.05, 0.1) is 33.9 Å². The van der Waals surface area contributed by atoms with Crippen LogP contribution < -0.4 is 18.9 Å². The predicted octanol–water partition coefficient (Wildman–Crippen LogP) is 17.4. The van der Waals surface area contributed by atoms with E-state index < -0.39 is 46.6 Å². The number of ether oxygens (including phenoxy) is 4. The summed E-state index contributed by atoms with van der Waals surface area (Å²) in [5.41, 5.74) is 5.77. The number of esters is 4. The molecule has 0 aliphatic rings. The molecule has 7 aromatic carbocycles. The van der Waals surface area contributed by atoms with Crippen LogP contribution in [-0.2, 0) is 12.8 Å². The molecule has 9 nitrogen and oxygen atoms in total. The van der Waals surface area contributed by atoms with Gasteiger partial charge in [0.25, 0.3) is 0 Å². The molecule has 0 radical (unpaired) electrons. The van der Waals surface area contributed by atoms with Gasteiger partial charge in [-0.2, -0.15) is 5.26 Å². The fraction of sp³-hybridized carbons (Fsp3) is 0.299. The average Bonchev–Trinajstić information content (AvgIpc) is 3.47. The molecule has 78 heavy (non-hydrogen) atoms. The van der Waals surface area contributed by atoms with E-state index in [4.69, 9.17) is 18.9 Å². The van der Waals surface area contributed by atoms with Crippen LogP contribution >= 0.6 is 0 Å². The standard InChI is InChI=1S/C67H67F2NO8/c1-3-5-7-9-11-13-15-17-19-47-21-25-50(26-22-47)52-29-33-54(34-30-52)64(71)75-56-37-39-60(62(68)44-56)66(73)77-58-41-49(46-70)42-59(43-58)78-67(74)61-40-38-57(45-63(61)69)76-65(72)55-35-31-53(32-36-55)51-27-23-48(24-28-51)20-18-16-14-12-10-8-6-4-2/h21-45H,3-20H2,1-2H3. The van der Waals surface area contributed by atoms with Crippen molar-refractivity contribution in [1.29, 1.82) is 5.26 Å². The summed E-state index contributed by atoms with van der Waals surface area (Å²) in [5.74, 6) is -6.80. The molecule has 7 rings (SSSR count). The molecule has 0 aliphatic carbocycles. The van der Waals surface area contributed by atoms with Gasteiger partial charge < -0.3 is 18.9 Å². The first kappa shape index (κ1) is 57.5. The zero-order valence-electron chi connectivity index (χ0n) is 44.6.